The first-order valence-electron chi connectivity index (χ1n) is 9.42. The van der Waals surface area contributed by atoms with Gasteiger partial charge in [-0.25, -0.2) is 4.79 Å². The number of carbonyl (C=O) groups is 3. The van der Waals surface area contributed by atoms with Gasteiger partial charge in [0, 0.05) is 31.8 Å². The van der Waals surface area contributed by atoms with E-state index in [2.05, 4.69) is 15.7 Å². The maximum Gasteiger partial charge on any atom is 0.324 e. The Morgan fingerprint density at radius 2 is 2.00 bits per heavy atom. The van der Waals surface area contributed by atoms with E-state index in [0.29, 0.717) is 12.2 Å². The lowest BCUT2D eigenvalue weighted by molar-refractivity contribution is -0.127. The van der Waals surface area contributed by atoms with Crippen LogP contribution in [-0.2, 0) is 23.1 Å². The van der Waals surface area contributed by atoms with E-state index in [9.17, 15) is 14.4 Å². The largest absolute Gasteiger partial charge is 0.497 e. The van der Waals surface area contributed by atoms with Crippen molar-refractivity contribution < 1.29 is 19.1 Å². The second-order valence-electron chi connectivity index (χ2n) is 6.97. The monoisotopic (exact) mass is 399 g/mol. The van der Waals surface area contributed by atoms with Crippen LogP contribution in [-0.4, -0.2) is 52.2 Å². The molecule has 0 spiro atoms. The van der Waals surface area contributed by atoms with Gasteiger partial charge in [0.15, 0.2) is 5.82 Å². The maximum absolute atomic E-state index is 12.5. The van der Waals surface area contributed by atoms with Crippen LogP contribution in [0.4, 0.5) is 10.6 Å². The van der Waals surface area contributed by atoms with Crippen LogP contribution in [0, 0.1) is 6.92 Å². The zero-order valence-corrected chi connectivity index (χ0v) is 16.8. The first-order chi connectivity index (χ1) is 13.9. The van der Waals surface area contributed by atoms with Crippen molar-refractivity contribution in [2.24, 2.45) is 7.05 Å². The second kappa shape index (κ2) is 8.76. The van der Waals surface area contributed by atoms with E-state index in [4.69, 9.17) is 4.74 Å². The number of ether oxygens (including phenoxy) is 1. The highest BCUT2D eigenvalue weighted by Crippen LogP contribution is 2.16. The molecule has 2 aromatic rings. The number of imide groups is 1. The van der Waals surface area contributed by atoms with Crippen LogP contribution in [0.3, 0.4) is 0 Å². The van der Waals surface area contributed by atoms with E-state index < -0.39 is 12.1 Å². The molecule has 0 bridgehead atoms. The van der Waals surface area contributed by atoms with Gasteiger partial charge in [-0.3, -0.25) is 19.2 Å². The molecule has 1 fully saturated rings. The molecule has 154 valence electrons. The van der Waals surface area contributed by atoms with Gasteiger partial charge in [-0.2, -0.15) is 5.10 Å². The van der Waals surface area contributed by atoms with Crippen LogP contribution in [0.1, 0.15) is 24.1 Å². The predicted octanol–water partition coefficient (Wildman–Crippen LogP) is 1.62. The Hall–Kier alpha value is -3.36. The van der Waals surface area contributed by atoms with Crippen molar-refractivity contribution in [3.05, 3.63) is 41.6 Å². The summed E-state index contributed by atoms with van der Waals surface area (Å²) in [6.45, 7) is 2.17. The van der Waals surface area contributed by atoms with Gasteiger partial charge in [-0.15, -0.1) is 0 Å². The minimum absolute atomic E-state index is 0.110. The van der Waals surface area contributed by atoms with Crippen molar-refractivity contribution in [1.29, 1.82) is 0 Å². The quantitative estimate of drug-likeness (QED) is 0.656. The van der Waals surface area contributed by atoms with Gasteiger partial charge >= 0.3 is 6.03 Å². The minimum Gasteiger partial charge on any atom is -0.497 e. The highest BCUT2D eigenvalue weighted by molar-refractivity contribution is 6.04. The molecule has 1 unspecified atom stereocenters. The van der Waals surface area contributed by atoms with E-state index in [1.807, 2.05) is 31.2 Å². The Morgan fingerprint density at radius 3 is 2.62 bits per heavy atom. The molecule has 1 aromatic heterocycles. The summed E-state index contributed by atoms with van der Waals surface area (Å²) in [6.07, 6.45) is 0.898. The Balaban J connectivity index is 1.48. The first kappa shape index (κ1) is 20.4. The standard InChI is InChI=1S/C20H25N5O4/c1-13-12-17(23-24(13)2)22-18(26)9-8-16-19(27)25(20(28)21-16)11-10-14-4-6-15(29-3)7-5-14/h4-7,12,16H,8-11H2,1-3H3,(H,21,28)(H,22,23,26). The fraction of sp³-hybridized carbons (Fsp3) is 0.400. The molecule has 29 heavy (non-hydrogen) atoms. The summed E-state index contributed by atoms with van der Waals surface area (Å²) in [7, 11) is 3.39. The number of hydrogen-bond donors (Lipinski definition) is 2. The predicted molar refractivity (Wildman–Crippen MR) is 107 cm³/mol. The number of rotatable bonds is 8. The molecule has 0 aliphatic carbocycles. The lowest BCUT2D eigenvalue weighted by Gasteiger charge is -2.13. The Bertz CT molecular complexity index is 887. The SMILES string of the molecule is COc1ccc(CCN2C(=O)NC(CCC(=O)Nc3cc(C)n(C)n3)C2=O)cc1. The summed E-state index contributed by atoms with van der Waals surface area (Å²) < 4.78 is 6.78. The molecule has 4 amide bonds. The summed E-state index contributed by atoms with van der Waals surface area (Å²) in [5.41, 5.74) is 1.92. The Morgan fingerprint density at radius 1 is 1.28 bits per heavy atom. The number of aromatic nitrogens is 2. The third kappa shape index (κ3) is 4.92. The number of carbonyl (C=O) groups excluding carboxylic acids is 3. The van der Waals surface area contributed by atoms with E-state index in [-0.39, 0.29) is 31.2 Å². The average molecular weight is 399 g/mol. The van der Waals surface area contributed by atoms with Crippen molar-refractivity contribution in [1.82, 2.24) is 20.0 Å². The van der Waals surface area contributed by atoms with Crippen LogP contribution >= 0.6 is 0 Å². The minimum atomic E-state index is -0.686. The van der Waals surface area contributed by atoms with Crippen molar-refractivity contribution in [3.8, 4) is 5.75 Å². The van der Waals surface area contributed by atoms with Crippen molar-refractivity contribution in [2.45, 2.75) is 32.2 Å². The summed E-state index contributed by atoms with van der Waals surface area (Å²) in [5.74, 6) is 0.674. The van der Waals surface area contributed by atoms with Crippen LogP contribution in [0.2, 0.25) is 0 Å². The third-order valence-corrected chi connectivity index (χ3v) is 4.93. The van der Waals surface area contributed by atoms with E-state index in [1.54, 1.807) is 24.9 Å². The molecule has 1 aliphatic rings. The van der Waals surface area contributed by atoms with E-state index >= 15 is 0 Å². The molecular formula is C20H25N5O4. The summed E-state index contributed by atoms with van der Waals surface area (Å²) in [6, 6.07) is 8.14. The van der Waals surface area contributed by atoms with Crippen LogP contribution in [0.25, 0.3) is 0 Å². The van der Waals surface area contributed by atoms with Gasteiger partial charge in [-0.05, 0) is 37.5 Å². The van der Waals surface area contributed by atoms with Crippen molar-refractivity contribution in [2.75, 3.05) is 19.0 Å². The molecule has 0 saturated carbocycles. The van der Waals surface area contributed by atoms with Gasteiger partial charge < -0.3 is 15.4 Å². The molecule has 3 rings (SSSR count). The lowest BCUT2D eigenvalue weighted by atomic mass is 10.1. The zero-order valence-electron chi connectivity index (χ0n) is 16.8. The third-order valence-electron chi connectivity index (χ3n) is 4.93. The number of nitrogens with zero attached hydrogens (tertiary/aromatic N) is 3. The number of aryl methyl sites for hydroxylation is 2. The zero-order chi connectivity index (χ0) is 21.0. The Labute approximate surface area is 169 Å². The van der Waals surface area contributed by atoms with Crippen molar-refractivity contribution in [3.63, 3.8) is 0 Å². The number of urea groups is 1. The summed E-state index contributed by atoms with van der Waals surface area (Å²) >= 11 is 0. The van der Waals surface area contributed by atoms with Gasteiger partial charge in [0.25, 0.3) is 5.91 Å². The molecule has 1 atom stereocenters. The molecule has 1 aliphatic heterocycles. The van der Waals surface area contributed by atoms with Crippen LogP contribution in [0.5, 0.6) is 5.75 Å². The summed E-state index contributed by atoms with van der Waals surface area (Å²) in [4.78, 5) is 38.0. The van der Waals surface area contributed by atoms with E-state index in [1.165, 1.54) is 4.90 Å². The smallest absolute Gasteiger partial charge is 0.324 e. The van der Waals surface area contributed by atoms with Gasteiger partial charge in [0.2, 0.25) is 5.91 Å². The molecule has 2 N–H and O–H groups in total. The number of anilines is 1. The summed E-state index contributed by atoms with van der Waals surface area (Å²) in [5, 5.41) is 9.53. The molecule has 1 saturated heterocycles. The topological polar surface area (TPSA) is 106 Å². The fourth-order valence-corrected chi connectivity index (χ4v) is 3.12. The normalized spacial score (nSPS) is 16.1. The Kier molecular flexibility index (Phi) is 6.16. The fourth-order valence-electron chi connectivity index (χ4n) is 3.12. The molecule has 9 heteroatoms. The second-order valence-corrected chi connectivity index (χ2v) is 6.97. The molecule has 9 nitrogen and oxygen atoms in total. The highest BCUT2D eigenvalue weighted by Gasteiger charge is 2.37. The van der Waals surface area contributed by atoms with Gasteiger partial charge in [-0.1, -0.05) is 12.1 Å². The molecular weight excluding hydrogens is 374 g/mol. The number of nitrogens with one attached hydrogen (secondary N) is 2. The lowest BCUT2D eigenvalue weighted by Crippen LogP contribution is -2.33. The maximum atomic E-state index is 12.5. The number of benzene rings is 1. The van der Waals surface area contributed by atoms with E-state index in [0.717, 1.165) is 17.0 Å². The molecule has 1 aromatic carbocycles. The van der Waals surface area contributed by atoms with Gasteiger partial charge in [0.05, 0.1) is 7.11 Å². The molecule has 2 heterocycles. The van der Waals surface area contributed by atoms with Crippen molar-refractivity contribution >= 4 is 23.7 Å². The highest BCUT2D eigenvalue weighted by atomic mass is 16.5. The number of hydrogen-bond acceptors (Lipinski definition) is 5. The van der Waals surface area contributed by atoms with Crippen LogP contribution in [0.15, 0.2) is 30.3 Å². The average Bonchev–Trinajstić information content (AvgIpc) is 3.16. The van der Waals surface area contributed by atoms with Gasteiger partial charge in [0.1, 0.15) is 11.8 Å². The molecule has 0 radical (unpaired) electrons. The number of amides is 4. The number of methoxy groups -OCH3 is 1. The first-order valence-corrected chi connectivity index (χ1v) is 9.42. The van der Waals surface area contributed by atoms with Crippen LogP contribution < -0.4 is 15.4 Å².